The zero-order valence-electron chi connectivity index (χ0n) is 13.0. The number of pyridine rings is 1. The van der Waals surface area contributed by atoms with Crippen molar-refractivity contribution in [1.29, 1.82) is 5.26 Å². The Kier molecular flexibility index (Phi) is 4.21. The minimum absolute atomic E-state index is 0.313. The molecule has 0 N–H and O–H groups in total. The van der Waals surface area contributed by atoms with Gasteiger partial charge in [0.15, 0.2) is 5.92 Å². The highest BCUT2D eigenvalue weighted by molar-refractivity contribution is 6.02. The Morgan fingerprint density at radius 2 is 1.92 bits per heavy atom. The van der Waals surface area contributed by atoms with Crippen molar-refractivity contribution in [2.24, 2.45) is 7.05 Å². The molecule has 1 aromatic carbocycles. The third-order valence-corrected chi connectivity index (χ3v) is 3.89. The van der Waals surface area contributed by atoms with E-state index in [0.29, 0.717) is 11.4 Å². The summed E-state index contributed by atoms with van der Waals surface area (Å²) in [6, 6.07) is 16.7. The van der Waals surface area contributed by atoms with Gasteiger partial charge in [0.05, 0.1) is 17.5 Å². The predicted molar refractivity (Wildman–Crippen MR) is 87.7 cm³/mol. The Bertz CT molecular complexity index is 908. The summed E-state index contributed by atoms with van der Waals surface area (Å²) in [6.45, 7) is 0. The molecule has 24 heavy (non-hydrogen) atoms. The molecule has 0 aliphatic rings. The third-order valence-electron chi connectivity index (χ3n) is 3.89. The molecule has 0 aliphatic heterocycles. The van der Waals surface area contributed by atoms with Crippen LogP contribution in [-0.2, 0) is 7.05 Å². The van der Waals surface area contributed by atoms with Crippen molar-refractivity contribution < 1.29 is 9.18 Å². The minimum atomic E-state index is -0.958. The lowest BCUT2D eigenvalue weighted by molar-refractivity contribution is 0.0970. The topological polar surface area (TPSA) is 58.7 Å². The number of aromatic nitrogens is 2. The van der Waals surface area contributed by atoms with Crippen molar-refractivity contribution in [3.8, 4) is 17.3 Å². The summed E-state index contributed by atoms with van der Waals surface area (Å²) in [6.07, 6.45) is 1.56. The van der Waals surface area contributed by atoms with Crippen LogP contribution in [0.15, 0.2) is 60.8 Å². The van der Waals surface area contributed by atoms with E-state index >= 15 is 0 Å². The maximum absolute atomic E-state index is 13.1. The van der Waals surface area contributed by atoms with Crippen LogP contribution in [0, 0.1) is 17.1 Å². The van der Waals surface area contributed by atoms with E-state index < -0.39 is 5.92 Å². The van der Waals surface area contributed by atoms with Crippen LogP contribution in [0.2, 0.25) is 0 Å². The lowest BCUT2D eigenvalue weighted by Gasteiger charge is -2.10. The normalized spacial score (nSPS) is 11.7. The predicted octanol–water partition coefficient (Wildman–Crippen LogP) is 3.72. The number of Topliss-reactive ketones (excluding diaryl/α,β-unsaturated/α-hetero) is 1. The molecule has 0 fully saturated rings. The highest BCUT2D eigenvalue weighted by Crippen LogP contribution is 2.25. The van der Waals surface area contributed by atoms with Gasteiger partial charge in [0.2, 0.25) is 5.78 Å². The fourth-order valence-corrected chi connectivity index (χ4v) is 2.62. The second kappa shape index (κ2) is 6.47. The quantitative estimate of drug-likeness (QED) is 0.689. The van der Waals surface area contributed by atoms with Crippen LogP contribution in [0.5, 0.6) is 0 Å². The smallest absolute Gasteiger partial charge is 0.202 e. The molecule has 0 saturated heterocycles. The number of halogens is 1. The molecule has 2 heterocycles. The van der Waals surface area contributed by atoms with Crippen LogP contribution in [0.25, 0.3) is 11.3 Å². The Labute approximate surface area is 138 Å². The first-order valence-electron chi connectivity index (χ1n) is 7.38. The number of hydrogen-bond acceptors (Lipinski definition) is 3. The van der Waals surface area contributed by atoms with Gasteiger partial charge in [-0.3, -0.25) is 9.78 Å². The molecule has 0 saturated carbocycles. The summed E-state index contributed by atoms with van der Waals surface area (Å²) >= 11 is 0. The zero-order valence-corrected chi connectivity index (χ0v) is 13.0. The largest absolute Gasteiger partial charge is 0.341 e. The summed E-state index contributed by atoms with van der Waals surface area (Å²) in [5.74, 6) is -1.59. The summed E-state index contributed by atoms with van der Waals surface area (Å²) in [5.41, 5.74) is 2.40. The van der Waals surface area contributed by atoms with E-state index in [0.717, 1.165) is 11.3 Å². The fraction of sp³-hybridized carbons (Fsp3) is 0.105. The highest BCUT2D eigenvalue weighted by Gasteiger charge is 2.25. The van der Waals surface area contributed by atoms with Gasteiger partial charge in [-0.05, 0) is 54.1 Å². The number of carbonyl (C=O) groups excluding carboxylic acids is 1. The van der Waals surface area contributed by atoms with E-state index in [1.165, 1.54) is 12.1 Å². The van der Waals surface area contributed by atoms with Gasteiger partial charge in [-0.1, -0.05) is 6.07 Å². The van der Waals surface area contributed by atoms with E-state index in [4.69, 9.17) is 0 Å². The summed E-state index contributed by atoms with van der Waals surface area (Å²) in [5, 5.41) is 9.39. The first-order valence-corrected chi connectivity index (χ1v) is 7.38. The van der Waals surface area contributed by atoms with Gasteiger partial charge in [0, 0.05) is 18.9 Å². The van der Waals surface area contributed by atoms with Crippen LogP contribution in [-0.4, -0.2) is 15.3 Å². The molecule has 0 aliphatic carbocycles. The minimum Gasteiger partial charge on any atom is -0.341 e. The Morgan fingerprint density at radius 1 is 1.17 bits per heavy atom. The van der Waals surface area contributed by atoms with Crippen LogP contribution in [0.3, 0.4) is 0 Å². The summed E-state index contributed by atoms with van der Waals surface area (Å²) < 4.78 is 14.8. The third kappa shape index (κ3) is 2.82. The second-order valence-corrected chi connectivity index (χ2v) is 5.35. The SMILES string of the molecule is Cn1c(C(=O)[C@H](C#N)c2ccccn2)ccc1-c1ccc(F)cc1. The van der Waals surface area contributed by atoms with Crippen LogP contribution < -0.4 is 0 Å². The molecule has 0 radical (unpaired) electrons. The fourth-order valence-electron chi connectivity index (χ4n) is 2.62. The van der Waals surface area contributed by atoms with Gasteiger partial charge in [-0.25, -0.2) is 4.39 Å². The summed E-state index contributed by atoms with van der Waals surface area (Å²) in [7, 11) is 1.75. The lowest BCUT2D eigenvalue weighted by atomic mass is 9.99. The van der Waals surface area contributed by atoms with Crippen molar-refractivity contribution in [2.75, 3.05) is 0 Å². The van der Waals surface area contributed by atoms with Crippen molar-refractivity contribution in [3.05, 3.63) is 78.0 Å². The first-order chi connectivity index (χ1) is 11.6. The van der Waals surface area contributed by atoms with E-state index in [1.54, 1.807) is 60.3 Å². The molecular weight excluding hydrogens is 305 g/mol. The van der Waals surface area contributed by atoms with E-state index in [1.807, 2.05) is 6.07 Å². The van der Waals surface area contributed by atoms with Gasteiger partial charge >= 0.3 is 0 Å². The molecule has 3 rings (SSSR count). The molecule has 0 bridgehead atoms. The molecule has 0 amide bonds. The molecule has 1 atom stereocenters. The number of rotatable bonds is 4. The number of nitriles is 1. The average molecular weight is 319 g/mol. The van der Waals surface area contributed by atoms with Crippen molar-refractivity contribution in [2.45, 2.75) is 5.92 Å². The molecule has 2 aromatic heterocycles. The first kappa shape index (κ1) is 15.6. The van der Waals surface area contributed by atoms with E-state index in [9.17, 15) is 14.4 Å². The number of carbonyl (C=O) groups is 1. The maximum Gasteiger partial charge on any atom is 0.202 e. The van der Waals surface area contributed by atoms with Crippen LogP contribution >= 0.6 is 0 Å². The zero-order chi connectivity index (χ0) is 17.1. The van der Waals surface area contributed by atoms with Crippen molar-refractivity contribution in [3.63, 3.8) is 0 Å². The molecule has 3 aromatic rings. The summed E-state index contributed by atoms with van der Waals surface area (Å²) in [4.78, 5) is 16.9. The molecular formula is C19H14FN3O. The van der Waals surface area contributed by atoms with Gasteiger partial charge in [-0.15, -0.1) is 0 Å². The van der Waals surface area contributed by atoms with E-state index in [2.05, 4.69) is 4.98 Å². The lowest BCUT2D eigenvalue weighted by Crippen LogP contribution is -2.16. The van der Waals surface area contributed by atoms with Crippen molar-refractivity contribution >= 4 is 5.78 Å². The van der Waals surface area contributed by atoms with Gasteiger partial charge in [0.25, 0.3) is 0 Å². The van der Waals surface area contributed by atoms with Gasteiger partial charge < -0.3 is 4.57 Å². The number of nitrogens with zero attached hydrogens (tertiary/aromatic N) is 3. The Balaban J connectivity index is 1.97. The molecule has 5 heteroatoms. The molecule has 0 unspecified atom stereocenters. The van der Waals surface area contributed by atoms with Crippen LogP contribution in [0.1, 0.15) is 22.1 Å². The number of hydrogen-bond donors (Lipinski definition) is 0. The number of benzene rings is 1. The molecule has 4 nitrogen and oxygen atoms in total. The molecule has 0 spiro atoms. The van der Waals surface area contributed by atoms with Crippen molar-refractivity contribution in [1.82, 2.24) is 9.55 Å². The Morgan fingerprint density at radius 3 is 2.54 bits per heavy atom. The van der Waals surface area contributed by atoms with E-state index in [-0.39, 0.29) is 11.6 Å². The van der Waals surface area contributed by atoms with Gasteiger partial charge in [-0.2, -0.15) is 5.26 Å². The monoisotopic (exact) mass is 319 g/mol. The standard InChI is InChI=1S/C19H14FN3O/c1-23-17(13-5-7-14(20)8-6-13)9-10-18(23)19(24)15(12-21)16-4-2-3-11-22-16/h2-11,15H,1H3/t15-/m1/s1. The second-order valence-electron chi connectivity index (χ2n) is 5.35. The molecule has 118 valence electrons. The Hall–Kier alpha value is -3.26. The van der Waals surface area contributed by atoms with Gasteiger partial charge in [0.1, 0.15) is 5.82 Å². The van der Waals surface area contributed by atoms with Crippen LogP contribution in [0.4, 0.5) is 4.39 Å². The maximum atomic E-state index is 13.1. The average Bonchev–Trinajstić information content (AvgIpc) is 2.99. The number of ketones is 1. The highest BCUT2D eigenvalue weighted by atomic mass is 19.1.